The predicted octanol–water partition coefficient (Wildman–Crippen LogP) is 6.08. The molecule has 2 atom stereocenters. The first kappa shape index (κ1) is 20.2. The number of rotatable bonds is 1. The molecule has 1 heterocycles. The van der Waals surface area contributed by atoms with Gasteiger partial charge in [0.25, 0.3) is 0 Å². The van der Waals surface area contributed by atoms with Gasteiger partial charge in [-0.1, -0.05) is 0 Å². The Labute approximate surface area is 132 Å². The van der Waals surface area contributed by atoms with Crippen LogP contribution in [0.25, 0.3) is 0 Å². The van der Waals surface area contributed by atoms with Crippen molar-refractivity contribution in [3.05, 3.63) is 0 Å². The van der Waals surface area contributed by atoms with Gasteiger partial charge in [0.2, 0.25) is 0 Å². The Morgan fingerprint density at radius 1 is 0.850 bits per heavy atom. The first-order valence-electron chi connectivity index (χ1n) is 8.41. The quantitative estimate of drug-likeness (QED) is 0.485. The molecular formula is C15H43P5. The molecule has 0 amide bonds. The molecule has 5 heteroatoms. The molecular weight excluding hydrogens is 335 g/mol. The molecule has 0 radical (unpaired) electrons. The summed E-state index contributed by atoms with van der Waals surface area (Å²) < 4.78 is 0. The van der Waals surface area contributed by atoms with Crippen LogP contribution in [0.3, 0.4) is 0 Å². The molecule has 0 bridgehead atoms. The summed E-state index contributed by atoms with van der Waals surface area (Å²) in [7, 11) is 0.355. The summed E-state index contributed by atoms with van der Waals surface area (Å²) in [6.07, 6.45) is 3.27. The van der Waals surface area contributed by atoms with E-state index in [1.165, 1.54) is 0 Å². The average molecular weight is 378 g/mol. The van der Waals surface area contributed by atoms with E-state index in [0.29, 0.717) is 7.30 Å². The van der Waals surface area contributed by atoms with E-state index >= 15 is 0 Å². The molecule has 1 aliphatic rings. The first-order valence-corrected chi connectivity index (χ1v) is 26.3. The van der Waals surface area contributed by atoms with Gasteiger partial charge in [0, 0.05) is 0 Å². The summed E-state index contributed by atoms with van der Waals surface area (Å²) in [6, 6.07) is 0. The second-order valence-corrected chi connectivity index (χ2v) is 56.0. The van der Waals surface area contributed by atoms with Crippen molar-refractivity contribution < 1.29 is 0 Å². The fraction of sp³-hybridized carbons (Fsp3) is 1.00. The summed E-state index contributed by atoms with van der Waals surface area (Å²) >= 11 is 0. The van der Waals surface area contributed by atoms with Crippen molar-refractivity contribution in [3.63, 3.8) is 0 Å². The van der Waals surface area contributed by atoms with Crippen LogP contribution in [0.5, 0.6) is 0 Å². The fourth-order valence-electron chi connectivity index (χ4n) is 4.24. The molecule has 1 rings (SSSR count). The van der Waals surface area contributed by atoms with Gasteiger partial charge in [0.1, 0.15) is 0 Å². The van der Waals surface area contributed by atoms with Crippen LogP contribution in [0.2, 0.25) is 0 Å². The normalized spacial score (nSPS) is 41.8. The third kappa shape index (κ3) is 3.47. The Hall–Kier alpha value is 2.15. The van der Waals surface area contributed by atoms with Crippen LogP contribution in [0.15, 0.2) is 0 Å². The van der Waals surface area contributed by atoms with Crippen LogP contribution >= 0.6 is 34.5 Å². The van der Waals surface area contributed by atoms with Crippen molar-refractivity contribution in [2.75, 3.05) is 72.3 Å². The van der Waals surface area contributed by atoms with Gasteiger partial charge in [-0.15, -0.1) is 0 Å². The average Bonchev–Trinajstić information content (AvgIpc) is 2.24. The Morgan fingerprint density at radius 3 is 1.70 bits per heavy atom. The zero-order valence-electron chi connectivity index (χ0n) is 16.0. The fourth-order valence-corrected chi connectivity index (χ4v) is 98.3. The molecule has 1 fully saturated rings. The maximum atomic E-state index is 2.82. The van der Waals surface area contributed by atoms with Gasteiger partial charge in [-0.2, -0.15) is 0 Å². The third-order valence-electron chi connectivity index (χ3n) is 7.44. The standard InChI is InChI=1S/C15H43P5/c1-14(2)15-12-17(4,5)16(3)19(8,9)20(10,11)18(6,7)13-15/h14-15,17-20H,12-13H2,1-11H3. The van der Waals surface area contributed by atoms with E-state index in [4.69, 9.17) is 0 Å². The van der Waals surface area contributed by atoms with Crippen molar-refractivity contribution in [1.29, 1.82) is 0 Å². The Bertz CT molecular complexity index is 357. The summed E-state index contributed by atoms with van der Waals surface area (Å²) in [5.41, 5.74) is 0. The molecule has 2 unspecified atom stereocenters. The zero-order chi connectivity index (χ0) is 16.1. The van der Waals surface area contributed by atoms with Crippen molar-refractivity contribution in [1.82, 2.24) is 0 Å². The molecule has 0 aromatic carbocycles. The first-order chi connectivity index (χ1) is 8.67. The molecule has 0 spiro atoms. The minimum atomic E-state index is -1.03. The summed E-state index contributed by atoms with van der Waals surface area (Å²) in [4.78, 5) is 0. The van der Waals surface area contributed by atoms with Crippen LogP contribution in [0.4, 0.5) is 0 Å². The van der Waals surface area contributed by atoms with E-state index in [1.807, 2.05) is 0 Å². The van der Waals surface area contributed by atoms with E-state index in [9.17, 15) is 0 Å². The molecule has 0 N–H and O–H groups in total. The van der Waals surface area contributed by atoms with Crippen LogP contribution in [-0.4, -0.2) is 72.3 Å². The minimum absolute atomic E-state index is 0.355. The Morgan fingerprint density at radius 2 is 1.30 bits per heavy atom. The predicted molar refractivity (Wildman–Crippen MR) is 122 cm³/mol. The van der Waals surface area contributed by atoms with E-state index in [1.54, 1.807) is 12.3 Å². The van der Waals surface area contributed by atoms with Crippen LogP contribution in [-0.2, 0) is 0 Å². The summed E-state index contributed by atoms with van der Waals surface area (Å²) in [5, 5.41) is 0. The Kier molecular flexibility index (Phi) is 6.28. The van der Waals surface area contributed by atoms with Crippen molar-refractivity contribution in [2.45, 2.75) is 13.8 Å². The molecule has 128 valence electrons. The molecule has 0 aromatic heterocycles. The Balaban J connectivity index is 3.37. The van der Waals surface area contributed by atoms with E-state index in [2.05, 4.69) is 73.8 Å². The summed E-state index contributed by atoms with van der Waals surface area (Å²) in [6.45, 7) is 25.9. The number of hydrogen-bond acceptors (Lipinski definition) is 0. The third-order valence-corrected chi connectivity index (χ3v) is 85.6. The van der Waals surface area contributed by atoms with Crippen molar-refractivity contribution in [3.8, 4) is 0 Å². The van der Waals surface area contributed by atoms with E-state index in [-0.39, 0.29) is 0 Å². The molecule has 1 aliphatic heterocycles. The second kappa shape index (κ2) is 6.22. The summed E-state index contributed by atoms with van der Waals surface area (Å²) in [5.74, 6) is 1.95. The topological polar surface area (TPSA) is 0 Å². The van der Waals surface area contributed by atoms with Gasteiger partial charge in [-0.25, -0.2) is 0 Å². The second-order valence-electron chi connectivity index (χ2n) is 9.85. The maximum absolute atomic E-state index is 2.82. The van der Waals surface area contributed by atoms with Gasteiger partial charge < -0.3 is 0 Å². The van der Waals surface area contributed by atoms with E-state index < -0.39 is 27.2 Å². The van der Waals surface area contributed by atoms with Gasteiger partial charge in [0.15, 0.2) is 0 Å². The zero-order valence-corrected chi connectivity index (χ0v) is 20.9. The SMILES string of the molecule is CC(C)C1C[PH](C)(C)P(C)[PH](C)(C)[PH](C)(C)[PH](C)(C)C1. The molecule has 20 heavy (non-hydrogen) atoms. The van der Waals surface area contributed by atoms with Gasteiger partial charge >= 0.3 is 132 Å². The van der Waals surface area contributed by atoms with Crippen molar-refractivity contribution >= 4 is 34.5 Å². The van der Waals surface area contributed by atoms with Crippen LogP contribution < -0.4 is 0 Å². The molecule has 1 saturated heterocycles. The van der Waals surface area contributed by atoms with E-state index in [0.717, 1.165) is 11.8 Å². The van der Waals surface area contributed by atoms with Crippen LogP contribution in [0, 0.1) is 11.8 Å². The van der Waals surface area contributed by atoms with Gasteiger partial charge in [0.05, 0.1) is 0 Å². The molecule has 0 nitrogen and oxygen atoms in total. The van der Waals surface area contributed by atoms with Crippen LogP contribution in [0.1, 0.15) is 13.8 Å². The molecule has 0 aliphatic carbocycles. The monoisotopic (exact) mass is 378 g/mol. The molecule has 0 saturated carbocycles. The number of hydrogen-bond donors (Lipinski definition) is 0. The van der Waals surface area contributed by atoms with Gasteiger partial charge in [-0.3, -0.25) is 0 Å². The van der Waals surface area contributed by atoms with Crippen molar-refractivity contribution in [2.24, 2.45) is 11.8 Å². The van der Waals surface area contributed by atoms with Gasteiger partial charge in [-0.05, 0) is 0 Å². The molecule has 0 aromatic rings.